The predicted octanol–water partition coefficient (Wildman–Crippen LogP) is 5.34. The monoisotopic (exact) mass is 446 g/mol. The molecule has 3 rings (SSSR count). The van der Waals surface area contributed by atoms with Crippen LogP contribution >= 0.6 is 0 Å². The number of halogens is 3. The lowest BCUT2D eigenvalue weighted by atomic mass is 9.93. The van der Waals surface area contributed by atoms with E-state index in [1.165, 1.54) is 22.6 Å². The summed E-state index contributed by atoms with van der Waals surface area (Å²) in [6, 6.07) is 12.2. The molecule has 1 atom stereocenters. The van der Waals surface area contributed by atoms with E-state index in [-0.39, 0.29) is 30.0 Å². The van der Waals surface area contributed by atoms with Crippen molar-refractivity contribution in [1.82, 2.24) is 9.80 Å². The van der Waals surface area contributed by atoms with Gasteiger partial charge in [-0.1, -0.05) is 44.2 Å². The van der Waals surface area contributed by atoms with E-state index in [1.807, 2.05) is 39.0 Å². The van der Waals surface area contributed by atoms with Crippen LogP contribution in [0.15, 0.2) is 48.5 Å². The summed E-state index contributed by atoms with van der Waals surface area (Å²) < 4.78 is 39.4. The van der Waals surface area contributed by atoms with Crippen LogP contribution in [0.3, 0.4) is 0 Å². The lowest BCUT2D eigenvalue weighted by molar-refractivity contribution is -0.137. The maximum absolute atomic E-state index is 13.2. The zero-order valence-electron chi connectivity index (χ0n) is 18.7. The topological polar surface area (TPSA) is 40.6 Å². The fourth-order valence-electron chi connectivity index (χ4n) is 4.04. The molecule has 0 fully saturated rings. The Kier molecular flexibility index (Phi) is 7.26. The van der Waals surface area contributed by atoms with Crippen LogP contribution in [0.5, 0.6) is 0 Å². The summed E-state index contributed by atoms with van der Waals surface area (Å²) >= 11 is 0. The SMILES string of the molecule is CC(C)CCN(CC(=O)N1CCc2ccccc2C1C)C(=O)c1cccc(C(F)(F)F)c1. The van der Waals surface area contributed by atoms with Gasteiger partial charge in [0.2, 0.25) is 5.91 Å². The second-order valence-electron chi connectivity index (χ2n) is 8.70. The molecule has 0 radical (unpaired) electrons. The van der Waals surface area contributed by atoms with Crippen molar-refractivity contribution in [3.05, 3.63) is 70.8 Å². The molecule has 32 heavy (non-hydrogen) atoms. The fraction of sp³-hybridized carbons (Fsp3) is 0.440. The average Bonchev–Trinajstić information content (AvgIpc) is 2.75. The number of alkyl halides is 3. The van der Waals surface area contributed by atoms with Crippen molar-refractivity contribution in [2.75, 3.05) is 19.6 Å². The molecular formula is C25H29F3N2O2. The molecule has 0 saturated heterocycles. The van der Waals surface area contributed by atoms with Gasteiger partial charge in [0.15, 0.2) is 0 Å². The van der Waals surface area contributed by atoms with Gasteiger partial charge >= 0.3 is 6.18 Å². The molecular weight excluding hydrogens is 417 g/mol. The quantitative estimate of drug-likeness (QED) is 0.601. The molecule has 0 aliphatic carbocycles. The normalized spacial score (nSPS) is 16.1. The van der Waals surface area contributed by atoms with Crippen molar-refractivity contribution in [3.63, 3.8) is 0 Å². The highest BCUT2D eigenvalue weighted by Gasteiger charge is 2.32. The number of fused-ring (bicyclic) bond motifs is 1. The molecule has 7 heteroatoms. The largest absolute Gasteiger partial charge is 0.416 e. The molecule has 1 heterocycles. The Hall–Kier alpha value is -2.83. The molecule has 0 saturated carbocycles. The molecule has 0 spiro atoms. The van der Waals surface area contributed by atoms with Gasteiger partial charge in [0.25, 0.3) is 5.91 Å². The first-order valence-corrected chi connectivity index (χ1v) is 10.9. The van der Waals surface area contributed by atoms with Crippen molar-refractivity contribution in [3.8, 4) is 0 Å². The summed E-state index contributed by atoms with van der Waals surface area (Å²) in [5.41, 5.74) is 1.36. The average molecular weight is 447 g/mol. The van der Waals surface area contributed by atoms with Gasteiger partial charge < -0.3 is 9.80 Å². The van der Waals surface area contributed by atoms with Crippen molar-refractivity contribution in [2.24, 2.45) is 5.92 Å². The number of hydrogen-bond donors (Lipinski definition) is 0. The fourth-order valence-corrected chi connectivity index (χ4v) is 4.04. The minimum Gasteiger partial charge on any atom is -0.334 e. The Labute approximate surface area is 187 Å². The molecule has 1 aliphatic heterocycles. The number of hydrogen-bond acceptors (Lipinski definition) is 2. The third kappa shape index (κ3) is 5.50. The highest BCUT2D eigenvalue weighted by atomic mass is 19.4. The summed E-state index contributed by atoms with van der Waals surface area (Å²) in [5, 5.41) is 0. The Morgan fingerprint density at radius 3 is 2.53 bits per heavy atom. The van der Waals surface area contributed by atoms with Gasteiger partial charge in [-0.05, 0) is 55.0 Å². The summed E-state index contributed by atoms with van der Waals surface area (Å²) in [4.78, 5) is 29.4. The summed E-state index contributed by atoms with van der Waals surface area (Å²) in [6.07, 6.45) is -3.15. The van der Waals surface area contributed by atoms with E-state index in [9.17, 15) is 22.8 Å². The lowest BCUT2D eigenvalue weighted by Gasteiger charge is -2.36. The van der Waals surface area contributed by atoms with Crippen LogP contribution in [0.4, 0.5) is 13.2 Å². The second-order valence-corrected chi connectivity index (χ2v) is 8.70. The zero-order chi connectivity index (χ0) is 23.5. The minimum absolute atomic E-state index is 0.0616. The first kappa shape index (κ1) is 23.8. The second kappa shape index (κ2) is 9.76. The van der Waals surface area contributed by atoms with Crippen LogP contribution in [0.25, 0.3) is 0 Å². The summed E-state index contributed by atoms with van der Waals surface area (Å²) in [7, 11) is 0. The Balaban J connectivity index is 1.80. The van der Waals surface area contributed by atoms with Crippen molar-refractivity contribution in [2.45, 2.75) is 45.8 Å². The van der Waals surface area contributed by atoms with Gasteiger partial charge in [-0.25, -0.2) is 0 Å². The Bertz CT molecular complexity index is 972. The maximum atomic E-state index is 13.2. The Morgan fingerprint density at radius 1 is 1.12 bits per heavy atom. The van der Waals surface area contributed by atoms with Gasteiger partial charge in [0, 0.05) is 18.7 Å². The molecule has 2 aromatic carbocycles. The number of carbonyl (C=O) groups is 2. The molecule has 0 N–H and O–H groups in total. The maximum Gasteiger partial charge on any atom is 0.416 e. The van der Waals surface area contributed by atoms with Gasteiger partial charge in [-0.3, -0.25) is 9.59 Å². The molecule has 172 valence electrons. The van der Waals surface area contributed by atoms with Crippen LogP contribution in [0, 0.1) is 5.92 Å². The summed E-state index contributed by atoms with van der Waals surface area (Å²) in [5.74, 6) is -0.478. The van der Waals surface area contributed by atoms with E-state index >= 15 is 0 Å². The van der Waals surface area contributed by atoms with Crippen LogP contribution in [0.2, 0.25) is 0 Å². The van der Waals surface area contributed by atoms with Crippen molar-refractivity contribution >= 4 is 11.8 Å². The molecule has 2 aromatic rings. The predicted molar refractivity (Wildman–Crippen MR) is 117 cm³/mol. The number of benzene rings is 2. The van der Waals surface area contributed by atoms with Gasteiger partial charge in [0.05, 0.1) is 11.6 Å². The van der Waals surface area contributed by atoms with Gasteiger partial charge in [-0.15, -0.1) is 0 Å². The molecule has 4 nitrogen and oxygen atoms in total. The van der Waals surface area contributed by atoms with E-state index in [4.69, 9.17) is 0 Å². The van der Waals surface area contributed by atoms with Crippen LogP contribution in [0.1, 0.15) is 60.3 Å². The molecule has 1 unspecified atom stereocenters. The van der Waals surface area contributed by atoms with E-state index in [1.54, 1.807) is 4.90 Å². The first-order valence-electron chi connectivity index (χ1n) is 10.9. The number of nitrogens with zero attached hydrogens (tertiary/aromatic N) is 2. The van der Waals surface area contributed by atoms with E-state index in [2.05, 4.69) is 6.07 Å². The minimum atomic E-state index is -4.54. The number of rotatable bonds is 6. The molecule has 0 bridgehead atoms. The number of amides is 2. The van der Waals surface area contributed by atoms with Gasteiger partial charge in [0.1, 0.15) is 6.54 Å². The van der Waals surface area contributed by atoms with Crippen molar-refractivity contribution in [1.29, 1.82) is 0 Å². The van der Waals surface area contributed by atoms with Crippen molar-refractivity contribution < 1.29 is 22.8 Å². The van der Waals surface area contributed by atoms with Crippen LogP contribution in [-0.4, -0.2) is 41.2 Å². The van der Waals surface area contributed by atoms with Crippen LogP contribution < -0.4 is 0 Å². The molecule has 0 aromatic heterocycles. The highest BCUT2D eigenvalue weighted by molar-refractivity contribution is 5.96. The van der Waals surface area contributed by atoms with E-state index in [0.29, 0.717) is 19.5 Å². The molecule has 2 amide bonds. The Morgan fingerprint density at radius 2 is 1.84 bits per heavy atom. The third-order valence-electron chi connectivity index (χ3n) is 5.94. The van der Waals surface area contributed by atoms with Crippen LogP contribution in [-0.2, 0) is 17.4 Å². The zero-order valence-corrected chi connectivity index (χ0v) is 18.7. The highest BCUT2D eigenvalue weighted by Crippen LogP contribution is 2.31. The number of carbonyl (C=O) groups excluding carboxylic acids is 2. The smallest absolute Gasteiger partial charge is 0.334 e. The molecule has 1 aliphatic rings. The van der Waals surface area contributed by atoms with E-state index in [0.717, 1.165) is 24.1 Å². The van der Waals surface area contributed by atoms with E-state index < -0.39 is 17.6 Å². The summed E-state index contributed by atoms with van der Waals surface area (Å²) in [6.45, 7) is 6.65. The first-order chi connectivity index (χ1) is 15.1. The standard InChI is InChI=1S/C25H29F3N2O2/c1-17(2)11-13-29(24(32)20-8-6-9-21(15-20)25(26,27)28)16-23(31)30-14-12-19-7-4-5-10-22(19)18(30)3/h4-10,15,17-18H,11-14,16H2,1-3H3. The van der Waals surface area contributed by atoms with Gasteiger partial charge in [-0.2, -0.15) is 13.2 Å². The lowest BCUT2D eigenvalue weighted by Crippen LogP contribution is -2.46. The third-order valence-corrected chi connectivity index (χ3v) is 5.94.